The summed E-state index contributed by atoms with van der Waals surface area (Å²) < 4.78 is 0. The molecule has 0 aliphatic carbocycles. The van der Waals surface area contributed by atoms with Gasteiger partial charge in [0.1, 0.15) is 5.82 Å². The molecule has 0 spiro atoms. The number of likely N-dealkylation sites (tertiary alicyclic amines) is 1. The number of pyridine rings is 1. The summed E-state index contributed by atoms with van der Waals surface area (Å²) in [6.45, 7) is 3.20. The molecule has 118 valence electrons. The minimum absolute atomic E-state index is 0.140. The van der Waals surface area contributed by atoms with Gasteiger partial charge >= 0.3 is 0 Å². The fraction of sp³-hybridized carbons (Fsp3) is 0.353. The second-order valence-electron chi connectivity index (χ2n) is 6.07. The van der Waals surface area contributed by atoms with Crippen LogP contribution < -0.4 is 5.73 Å². The first-order valence-corrected chi connectivity index (χ1v) is 7.93. The Labute approximate surface area is 133 Å². The van der Waals surface area contributed by atoms with E-state index in [2.05, 4.69) is 9.88 Å². The molecule has 2 amide bonds. The molecule has 2 aliphatic rings. The molecular weight excluding hydrogens is 292 g/mol. The lowest BCUT2D eigenvalue weighted by molar-refractivity contribution is 0.0641. The minimum atomic E-state index is -0.319. The molecule has 1 fully saturated rings. The number of imide groups is 1. The maximum Gasteiger partial charge on any atom is 0.265 e. The molecule has 0 unspecified atom stereocenters. The zero-order chi connectivity index (χ0) is 16.0. The molecule has 0 radical (unpaired) electrons. The van der Waals surface area contributed by atoms with E-state index < -0.39 is 0 Å². The number of carbonyl (C=O) groups is 2. The van der Waals surface area contributed by atoms with Crippen molar-refractivity contribution in [3.63, 3.8) is 0 Å². The maximum atomic E-state index is 12.8. The smallest absolute Gasteiger partial charge is 0.265 e. The first-order valence-electron chi connectivity index (χ1n) is 7.93. The average Bonchev–Trinajstić information content (AvgIpc) is 3.14. The van der Waals surface area contributed by atoms with Crippen LogP contribution in [0.5, 0.6) is 0 Å². The molecule has 0 saturated carbocycles. The van der Waals surface area contributed by atoms with Gasteiger partial charge in [0, 0.05) is 18.5 Å². The number of benzene rings is 1. The van der Waals surface area contributed by atoms with Crippen molar-refractivity contribution >= 4 is 28.5 Å². The van der Waals surface area contributed by atoms with Crippen molar-refractivity contribution < 1.29 is 9.59 Å². The van der Waals surface area contributed by atoms with Crippen molar-refractivity contribution in [3.05, 3.63) is 35.4 Å². The van der Waals surface area contributed by atoms with Crippen LogP contribution in [0.4, 0.5) is 5.82 Å². The van der Waals surface area contributed by atoms with Crippen molar-refractivity contribution in [2.45, 2.75) is 12.8 Å². The summed E-state index contributed by atoms with van der Waals surface area (Å²) in [7, 11) is 0. The van der Waals surface area contributed by atoms with E-state index >= 15 is 0 Å². The summed E-state index contributed by atoms with van der Waals surface area (Å²) in [6, 6.07) is 7.30. The van der Waals surface area contributed by atoms with Crippen LogP contribution in [0.15, 0.2) is 24.3 Å². The summed E-state index contributed by atoms with van der Waals surface area (Å²) in [6.07, 6.45) is 2.37. The number of amides is 2. The molecule has 0 atom stereocenters. The number of nitrogens with two attached hydrogens (primary N) is 1. The summed E-state index contributed by atoms with van der Waals surface area (Å²) in [5.41, 5.74) is 7.26. The lowest BCUT2D eigenvalue weighted by Crippen LogP contribution is -2.37. The topological polar surface area (TPSA) is 79.5 Å². The van der Waals surface area contributed by atoms with E-state index in [4.69, 9.17) is 5.73 Å². The van der Waals surface area contributed by atoms with Crippen LogP contribution in [0.1, 0.15) is 33.6 Å². The van der Waals surface area contributed by atoms with Gasteiger partial charge in [-0.15, -0.1) is 0 Å². The van der Waals surface area contributed by atoms with Gasteiger partial charge in [-0.1, -0.05) is 18.2 Å². The zero-order valence-corrected chi connectivity index (χ0v) is 12.8. The van der Waals surface area contributed by atoms with Gasteiger partial charge in [-0.25, -0.2) is 4.98 Å². The van der Waals surface area contributed by atoms with Gasteiger partial charge in [-0.3, -0.25) is 14.5 Å². The molecule has 0 bridgehead atoms. The summed E-state index contributed by atoms with van der Waals surface area (Å²) in [5, 5.41) is 0.693. The number of nitrogens with zero attached hydrogens (tertiary/aromatic N) is 3. The lowest BCUT2D eigenvalue weighted by atomic mass is 10.0. The van der Waals surface area contributed by atoms with Crippen molar-refractivity contribution in [1.82, 2.24) is 14.8 Å². The zero-order valence-electron chi connectivity index (χ0n) is 12.8. The molecule has 23 heavy (non-hydrogen) atoms. The Hall–Kier alpha value is -2.47. The van der Waals surface area contributed by atoms with E-state index in [0.717, 1.165) is 19.6 Å². The van der Waals surface area contributed by atoms with Crippen LogP contribution in [-0.4, -0.2) is 52.8 Å². The third kappa shape index (κ3) is 2.17. The Morgan fingerprint density at radius 1 is 1.00 bits per heavy atom. The number of para-hydroxylation sites is 1. The van der Waals surface area contributed by atoms with Gasteiger partial charge in [-0.05, 0) is 32.0 Å². The number of fused-ring (bicyclic) bond motifs is 3. The standard InChI is InChI=1S/C17H18N4O2/c18-15-14-13(11-5-1-2-6-12(11)19-15)16(22)21(17(14)23)10-9-20-7-3-4-8-20/h1-2,5-6H,3-4,7-10H2,(H2,18,19). The molecule has 1 aromatic carbocycles. The van der Waals surface area contributed by atoms with Gasteiger partial charge in [0.15, 0.2) is 0 Å². The Bertz CT molecular complexity index is 812. The largest absolute Gasteiger partial charge is 0.383 e. The third-order valence-corrected chi connectivity index (χ3v) is 4.68. The van der Waals surface area contributed by atoms with Crippen LogP contribution in [0.25, 0.3) is 10.9 Å². The van der Waals surface area contributed by atoms with E-state index in [1.54, 1.807) is 6.07 Å². The molecule has 4 rings (SSSR count). The monoisotopic (exact) mass is 310 g/mol. The average molecular weight is 310 g/mol. The van der Waals surface area contributed by atoms with Crippen molar-refractivity contribution in [1.29, 1.82) is 0 Å². The Morgan fingerprint density at radius 2 is 1.70 bits per heavy atom. The van der Waals surface area contributed by atoms with Gasteiger partial charge in [-0.2, -0.15) is 0 Å². The molecule has 6 nitrogen and oxygen atoms in total. The molecule has 1 saturated heterocycles. The van der Waals surface area contributed by atoms with E-state index in [1.165, 1.54) is 17.7 Å². The van der Waals surface area contributed by atoms with Crippen molar-refractivity contribution in [2.24, 2.45) is 0 Å². The normalized spacial score (nSPS) is 18.2. The molecule has 2 aliphatic heterocycles. The lowest BCUT2D eigenvalue weighted by Gasteiger charge is -2.19. The Kier molecular flexibility index (Phi) is 3.27. The van der Waals surface area contributed by atoms with Gasteiger partial charge in [0.2, 0.25) is 0 Å². The molecule has 3 heterocycles. The molecule has 2 aromatic rings. The molecule has 1 aromatic heterocycles. The Balaban J connectivity index is 1.70. The summed E-state index contributed by atoms with van der Waals surface area (Å²) in [4.78, 5) is 33.3. The van der Waals surface area contributed by atoms with Crippen LogP contribution >= 0.6 is 0 Å². The number of hydrogen-bond acceptors (Lipinski definition) is 5. The summed E-state index contributed by atoms with van der Waals surface area (Å²) >= 11 is 0. The first-order chi connectivity index (χ1) is 11.2. The predicted octanol–water partition coefficient (Wildman–Crippen LogP) is 1.51. The summed E-state index contributed by atoms with van der Waals surface area (Å²) in [5.74, 6) is -0.435. The maximum absolute atomic E-state index is 12.8. The van der Waals surface area contributed by atoms with Crippen LogP contribution in [0.3, 0.4) is 0 Å². The molecule has 2 N–H and O–H groups in total. The first kappa shape index (κ1) is 14.1. The second-order valence-corrected chi connectivity index (χ2v) is 6.07. The minimum Gasteiger partial charge on any atom is -0.383 e. The van der Waals surface area contributed by atoms with Gasteiger partial charge in [0.05, 0.1) is 16.6 Å². The quantitative estimate of drug-likeness (QED) is 0.869. The highest BCUT2D eigenvalue weighted by Gasteiger charge is 2.39. The van der Waals surface area contributed by atoms with E-state index in [1.807, 2.05) is 18.2 Å². The number of nitrogen functional groups attached to an aromatic ring is 1. The third-order valence-electron chi connectivity index (χ3n) is 4.68. The number of anilines is 1. The predicted molar refractivity (Wildman–Crippen MR) is 87.2 cm³/mol. The fourth-order valence-corrected chi connectivity index (χ4v) is 3.48. The highest BCUT2D eigenvalue weighted by Crippen LogP contribution is 2.32. The molecule has 6 heteroatoms. The van der Waals surface area contributed by atoms with Gasteiger partial charge < -0.3 is 10.6 Å². The number of rotatable bonds is 3. The van der Waals surface area contributed by atoms with Crippen LogP contribution in [-0.2, 0) is 0 Å². The highest BCUT2D eigenvalue weighted by atomic mass is 16.2. The van der Waals surface area contributed by atoms with E-state index in [0.29, 0.717) is 23.0 Å². The molecular formula is C17H18N4O2. The Morgan fingerprint density at radius 3 is 2.48 bits per heavy atom. The number of carbonyl (C=O) groups excluding carboxylic acids is 2. The van der Waals surface area contributed by atoms with Gasteiger partial charge in [0.25, 0.3) is 11.8 Å². The van der Waals surface area contributed by atoms with Crippen molar-refractivity contribution in [3.8, 4) is 0 Å². The van der Waals surface area contributed by atoms with Crippen LogP contribution in [0, 0.1) is 0 Å². The van der Waals surface area contributed by atoms with E-state index in [-0.39, 0.29) is 23.2 Å². The second kappa shape index (κ2) is 5.31. The van der Waals surface area contributed by atoms with Crippen molar-refractivity contribution in [2.75, 3.05) is 31.9 Å². The van der Waals surface area contributed by atoms with E-state index in [9.17, 15) is 9.59 Å². The SMILES string of the molecule is Nc1nc2ccccc2c2c1C(=O)N(CCN1CCCC1)C2=O. The number of aromatic nitrogens is 1. The highest BCUT2D eigenvalue weighted by molar-refractivity contribution is 6.27. The number of hydrogen-bond donors (Lipinski definition) is 1. The van der Waals surface area contributed by atoms with Crippen LogP contribution in [0.2, 0.25) is 0 Å². The fourth-order valence-electron chi connectivity index (χ4n) is 3.48.